The van der Waals surface area contributed by atoms with Gasteiger partial charge in [-0.3, -0.25) is 19.7 Å². The van der Waals surface area contributed by atoms with E-state index in [1.54, 1.807) is 18.2 Å². The minimum Gasteiger partial charge on any atom is -0.502 e. The molecule has 0 aliphatic carbocycles. The van der Waals surface area contributed by atoms with Crippen molar-refractivity contribution in [1.29, 1.82) is 0 Å². The van der Waals surface area contributed by atoms with Crippen molar-refractivity contribution in [2.24, 2.45) is 0 Å². The molecule has 1 heterocycles. The van der Waals surface area contributed by atoms with Gasteiger partial charge in [-0.15, -0.1) is 0 Å². The van der Waals surface area contributed by atoms with Gasteiger partial charge in [-0.25, -0.2) is 4.90 Å². The van der Waals surface area contributed by atoms with Crippen LogP contribution in [0.5, 0.6) is 5.75 Å². The van der Waals surface area contributed by atoms with Crippen molar-refractivity contribution in [1.82, 2.24) is 0 Å². The molecule has 3 rings (SSSR count). The molecular weight excluding hydrogens is 368 g/mol. The SMILES string of the molecule is O=C1S/C(=C/c2cccc([N+](=O)[O-])c2O)C(=O)N1c1cccc(Cl)c1. The highest BCUT2D eigenvalue weighted by atomic mass is 35.5. The fourth-order valence-corrected chi connectivity index (χ4v) is 3.28. The van der Waals surface area contributed by atoms with E-state index in [0.717, 1.165) is 11.0 Å². The Kier molecular flexibility index (Phi) is 4.47. The summed E-state index contributed by atoms with van der Waals surface area (Å²) in [5.74, 6) is -1.16. The van der Waals surface area contributed by atoms with Crippen molar-refractivity contribution in [2.45, 2.75) is 0 Å². The number of phenolic OH excluding ortho intramolecular Hbond substituents is 1. The minimum atomic E-state index is -0.732. The summed E-state index contributed by atoms with van der Waals surface area (Å²) < 4.78 is 0. The summed E-state index contributed by atoms with van der Waals surface area (Å²) in [7, 11) is 0. The lowest BCUT2D eigenvalue weighted by Crippen LogP contribution is -2.27. The van der Waals surface area contributed by atoms with E-state index in [2.05, 4.69) is 0 Å². The first-order valence-corrected chi connectivity index (χ1v) is 8.08. The lowest BCUT2D eigenvalue weighted by molar-refractivity contribution is -0.385. The summed E-state index contributed by atoms with van der Waals surface area (Å²) in [6.07, 6.45) is 1.25. The zero-order chi connectivity index (χ0) is 18.1. The third-order valence-electron chi connectivity index (χ3n) is 3.39. The first-order valence-electron chi connectivity index (χ1n) is 6.88. The topological polar surface area (TPSA) is 101 Å². The number of imide groups is 1. The van der Waals surface area contributed by atoms with E-state index in [1.165, 1.54) is 24.3 Å². The molecule has 2 aromatic carbocycles. The Morgan fingerprint density at radius 1 is 1.20 bits per heavy atom. The average molecular weight is 377 g/mol. The number of hydrogen-bond acceptors (Lipinski definition) is 6. The third-order valence-corrected chi connectivity index (χ3v) is 4.49. The van der Waals surface area contributed by atoms with Crippen LogP contribution in [-0.2, 0) is 4.79 Å². The number of carbonyl (C=O) groups is 2. The Morgan fingerprint density at radius 3 is 2.60 bits per heavy atom. The number of nitrogens with zero attached hydrogens (tertiary/aromatic N) is 2. The first-order chi connectivity index (χ1) is 11.9. The summed E-state index contributed by atoms with van der Waals surface area (Å²) in [6.45, 7) is 0. The van der Waals surface area contributed by atoms with Gasteiger partial charge in [0.1, 0.15) is 0 Å². The van der Waals surface area contributed by atoms with Crippen molar-refractivity contribution < 1.29 is 19.6 Å². The Hall–Kier alpha value is -2.84. The molecule has 1 saturated heterocycles. The number of amides is 2. The van der Waals surface area contributed by atoms with Gasteiger partial charge in [-0.2, -0.15) is 0 Å². The van der Waals surface area contributed by atoms with Gasteiger partial charge in [-0.1, -0.05) is 29.8 Å². The molecule has 1 aliphatic rings. The number of anilines is 1. The number of thioether (sulfide) groups is 1. The molecule has 0 aromatic heterocycles. The van der Waals surface area contributed by atoms with Crippen molar-refractivity contribution in [3.05, 3.63) is 68.1 Å². The largest absolute Gasteiger partial charge is 0.502 e. The number of aromatic hydroxyl groups is 1. The van der Waals surface area contributed by atoms with Crippen LogP contribution < -0.4 is 4.90 Å². The van der Waals surface area contributed by atoms with E-state index < -0.39 is 27.5 Å². The number of para-hydroxylation sites is 1. The van der Waals surface area contributed by atoms with Gasteiger partial charge < -0.3 is 5.11 Å². The Balaban J connectivity index is 1.99. The molecule has 0 spiro atoms. The lowest BCUT2D eigenvalue weighted by Gasteiger charge is -2.12. The highest BCUT2D eigenvalue weighted by Crippen LogP contribution is 2.38. The fourth-order valence-electron chi connectivity index (χ4n) is 2.26. The summed E-state index contributed by atoms with van der Waals surface area (Å²) >= 11 is 6.56. The van der Waals surface area contributed by atoms with E-state index in [-0.39, 0.29) is 10.5 Å². The molecule has 9 heteroatoms. The van der Waals surface area contributed by atoms with Gasteiger partial charge in [0.15, 0.2) is 0 Å². The number of nitro benzene ring substituents is 1. The maximum Gasteiger partial charge on any atom is 0.311 e. The van der Waals surface area contributed by atoms with Crippen LogP contribution in [0.25, 0.3) is 6.08 Å². The molecule has 0 saturated carbocycles. The number of phenols is 1. The van der Waals surface area contributed by atoms with Crippen molar-refractivity contribution in [3.63, 3.8) is 0 Å². The Bertz CT molecular complexity index is 944. The predicted molar refractivity (Wildman–Crippen MR) is 94.7 cm³/mol. The van der Waals surface area contributed by atoms with Crippen molar-refractivity contribution in [3.8, 4) is 5.75 Å². The highest BCUT2D eigenvalue weighted by Gasteiger charge is 2.36. The second kappa shape index (κ2) is 6.58. The fraction of sp³-hybridized carbons (Fsp3) is 0. The molecule has 0 radical (unpaired) electrons. The molecule has 2 aromatic rings. The predicted octanol–water partition coefficient (Wildman–Crippen LogP) is 4.19. The Morgan fingerprint density at radius 2 is 1.92 bits per heavy atom. The molecule has 25 heavy (non-hydrogen) atoms. The average Bonchev–Trinajstić information content (AvgIpc) is 2.83. The molecule has 1 N–H and O–H groups in total. The van der Waals surface area contributed by atoms with Gasteiger partial charge >= 0.3 is 5.69 Å². The van der Waals surface area contributed by atoms with E-state index in [1.807, 2.05) is 0 Å². The monoisotopic (exact) mass is 376 g/mol. The number of carbonyl (C=O) groups excluding carboxylic acids is 2. The number of rotatable bonds is 3. The van der Waals surface area contributed by atoms with E-state index >= 15 is 0 Å². The Labute approximate surface area is 150 Å². The molecule has 1 fully saturated rings. The maximum atomic E-state index is 12.5. The van der Waals surface area contributed by atoms with Gasteiger partial charge in [-0.05, 0) is 36.0 Å². The number of nitro groups is 1. The zero-order valence-electron chi connectivity index (χ0n) is 12.4. The van der Waals surface area contributed by atoms with E-state index in [9.17, 15) is 24.8 Å². The lowest BCUT2D eigenvalue weighted by atomic mass is 10.1. The molecule has 7 nitrogen and oxygen atoms in total. The van der Waals surface area contributed by atoms with Crippen LogP contribution >= 0.6 is 23.4 Å². The second-order valence-electron chi connectivity index (χ2n) is 4.97. The highest BCUT2D eigenvalue weighted by molar-refractivity contribution is 8.19. The number of benzene rings is 2. The van der Waals surface area contributed by atoms with Gasteiger partial charge in [0.05, 0.1) is 15.5 Å². The molecule has 0 unspecified atom stereocenters. The quantitative estimate of drug-likeness (QED) is 0.489. The molecule has 126 valence electrons. The van der Waals surface area contributed by atoms with Crippen LogP contribution in [-0.4, -0.2) is 21.2 Å². The summed E-state index contributed by atoms with van der Waals surface area (Å²) in [4.78, 5) is 35.8. The van der Waals surface area contributed by atoms with Gasteiger partial charge in [0.2, 0.25) is 5.75 Å². The van der Waals surface area contributed by atoms with Gasteiger partial charge in [0.25, 0.3) is 11.1 Å². The van der Waals surface area contributed by atoms with Crippen molar-refractivity contribution >= 4 is 52.0 Å². The van der Waals surface area contributed by atoms with Crippen LogP contribution in [0, 0.1) is 10.1 Å². The smallest absolute Gasteiger partial charge is 0.311 e. The number of halogens is 1. The molecule has 0 atom stereocenters. The summed E-state index contributed by atoms with van der Waals surface area (Å²) in [6, 6.07) is 10.2. The third kappa shape index (κ3) is 3.21. The van der Waals surface area contributed by atoms with E-state index in [0.29, 0.717) is 22.5 Å². The molecule has 2 amide bonds. The van der Waals surface area contributed by atoms with Crippen LogP contribution in [0.3, 0.4) is 0 Å². The van der Waals surface area contributed by atoms with Crippen LogP contribution in [0.2, 0.25) is 5.02 Å². The zero-order valence-corrected chi connectivity index (χ0v) is 14.0. The molecule has 1 aliphatic heterocycles. The maximum absolute atomic E-state index is 12.5. The standard InChI is InChI=1S/C16H9ClN2O5S/c17-10-4-2-5-11(8-10)18-15(21)13(25-16(18)22)7-9-3-1-6-12(14(9)20)19(23)24/h1-8,20H/b13-7+. The molecule has 0 bridgehead atoms. The van der Waals surface area contributed by atoms with Crippen LogP contribution in [0.1, 0.15) is 5.56 Å². The number of hydrogen-bond donors (Lipinski definition) is 1. The first kappa shape index (κ1) is 17.0. The molecular formula is C16H9ClN2O5S. The van der Waals surface area contributed by atoms with Crippen molar-refractivity contribution in [2.75, 3.05) is 4.90 Å². The van der Waals surface area contributed by atoms with E-state index in [4.69, 9.17) is 11.6 Å². The second-order valence-corrected chi connectivity index (χ2v) is 6.40. The van der Waals surface area contributed by atoms with Gasteiger partial charge in [0, 0.05) is 16.7 Å². The normalized spacial score (nSPS) is 15.9. The van der Waals surface area contributed by atoms with Crippen LogP contribution in [0.4, 0.5) is 16.2 Å². The van der Waals surface area contributed by atoms with Crippen LogP contribution in [0.15, 0.2) is 47.4 Å². The minimum absolute atomic E-state index is 0.0424. The summed E-state index contributed by atoms with van der Waals surface area (Å²) in [5.41, 5.74) is -0.0877. The summed E-state index contributed by atoms with van der Waals surface area (Å²) in [5, 5.41) is 20.7.